The molecule has 0 spiro atoms. The first-order valence-corrected chi connectivity index (χ1v) is 7.04. The van der Waals surface area contributed by atoms with Crippen LogP contribution in [-0.2, 0) is 10.0 Å². The van der Waals surface area contributed by atoms with E-state index in [-0.39, 0.29) is 23.5 Å². The Balaban J connectivity index is 3.25. The van der Waals surface area contributed by atoms with Gasteiger partial charge in [0.2, 0.25) is 10.0 Å². The topological polar surface area (TPSA) is 72.2 Å². The second kappa shape index (κ2) is 5.85. The highest BCUT2D eigenvalue weighted by molar-refractivity contribution is 7.89. The number of nitrogens with one attached hydrogen (secondary N) is 1. The predicted octanol–water partition coefficient (Wildman–Crippen LogP) is 1.45. The largest absolute Gasteiger partial charge is 0.392 e. The number of hydrogen-bond donors (Lipinski definition) is 2. The van der Waals surface area contributed by atoms with Crippen LogP contribution in [-0.4, -0.2) is 19.4 Å². The summed E-state index contributed by atoms with van der Waals surface area (Å²) >= 11 is 4.62. The van der Waals surface area contributed by atoms with Gasteiger partial charge in [0.25, 0.3) is 0 Å². The fourth-order valence-corrected chi connectivity index (χ4v) is 3.09. The molecular weight excluding hydrogens is 301 g/mol. The lowest BCUT2D eigenvalue weighted by atomic mass is 10.2. The van der Waals surface area contributed by atoms with E-state index < -0.39 is 38.4 Å². The molecule has 0 aliphatic rings. The van der Waals surface area contributed by atoms with E-state index in [2.05, 4.69) is 12.2 Å². The lowest BCUT2D eigenvalue weighted by Crippen LogP contribution is -2.43. The van der Waals surface area contributed by atoms with Crippen LogP contribution in [0.4, 0.5) is 13.2 Å². The molecule has 3 N–H and O–H groups in total. The van der Waals surface area contributed by atoms with E-state index in [1.807, 2.05) is 4.72 Å². The summed E-state index contributed by atoms with van der Waals surface area (Å²) in [6.45, 7) is 1.59. The number of benzene rings is 1. The summed E-state index contributed by atoms with van der Waals surface area (Å²) in [5.74, 6) is -4.26. The van der Waals surface area contributed by atoms with Crippen molar-refractivity contribution in [3.63, 3.8) is 0 Å². The maximum Gasteiger partial charge on any atom is 0.247 e. The Bertz CT molecular complexity index is 582. The molecule has 4 nitrogen and oxygen atoms in total. The molecule has 0 aliphatic carbocycles. The molecule has 0 amide bonds. The van der Waals surface area contributed by atoms with Crippen LogP contribution in [0, 0.1) is 17.5 Å². The Hall–Kier alpha value is -1.19. The highest BCUT2D eigenvalue weighted by atomic mass is 32.2. The zero-order valence-corrected chi connectivity index (χ0v) is 11.4. The standard InChI is InChI=1S/C10H11F3N2O2S2/c1-2-8(10(14)18)15-19(16,17)9-6(12)3-5(11)4-7(9)13/h3-4,8,15H,2H2,1H3,(H2,14,18). The maximum absolute atomic E-state index is 13.4. The highest BCUT2D eigenvalue weighted by Crippen LogP contribution is 2.20. The number of thiocarbonyl (C=S) groups is 1. The first kappa shape index (κ1) is 15.9. The fraction of sp³-hybridized carbons (Fsp3) is 0.300. The van der Waals surface area contributed by atoms with Crippen LogP contribution in [0.2, 0.25) is 0 Å². The monoisotopic (exact) mass is 312 g/mol. The Kier molecular flexibility index (Phi) is 4.88. The van der Waals surface area contributed by atoms with Crippen LogP contribution >= 0.6 is 12.2 Å². The lowest BCUT2D eigenvalue weighted by molar-refractivity contribution is 0.492. The van der Waals surface area contributed by atoms with E-state index in [1.165, 1.54) is 0 Å². The molecule has 0 radical (unpaired) electrons. The summed E-state index contributed by atoms with van der Waals surface area (Å²) in [4.78, 5) is -1.42. The number of hydrogen-bond acceptors (Lipinski definition) is 3. The Morgan fingerprint density at radius 2 is 1.84 bits per heavy atom. The third-order valence-electron chi connectivity index (χ3n) is 2.28. The zero-order valence-electron chi connectivity index (χ0n) is 9.78. The molecule has 0 aliphatic heterocycles. The third kappa shape index (κ3) is 3.64. The fourth-order valence-electron chi connectivity index (χ4n) is 1.37. The molecule has 106 valence electrons. The van der Waals surface area contributed by atoms with Gasteiger partial charge in [0, 0.05) is 12.1 Å². The van der Waals surface area contributed by atoms with Crippen LogP contribution < -0.4 is 10.5 Å². The minimum absolute atomic E-state index is 0.158. The minimum Gasteiger partial charge on any atom is -0.392 e. The Labute approximate surface area is 113 Å². The normalized spacial score (nSPS) is 13.3. The van der Waals surface area contributed by atoms with E-state index in [0.29, 0.717) is 0 Å². The SMILES string of the molecule is CCC(NS(=O)(=O)c1c(F)cc(F)cc1F)C(N)=S. The van der Waals surface area contributed by atoms with Crippen LogP contribution in [0.15, 0.2) is 17.0 Å². The van der Waals surface area contributed by atoms with Gasteiger partial charge >= 0.3 is 0 Å². The van der Waals surface area contributed by atoms with Crippen molar-refractivity contribution in [3.8, 4) is 0 Å². The average Bonchev–Trinajstić information content (AvgIpc) is 2.23. The molecule has 9 heteroatoms. The molecule has 1 rings (SSSR count). The summed E-state index contributed by atoms with van der Waals surface area (Å²) in [5.41, 5.74) is 5.29. The molecule has 0 saturated heterocycles. The van der Waals surface area contributed by atoms with Gasteiger partial charge in [0.05, 0.1) is 11.0 Å². The van der Waals surface area contributed by atoms with Gasteiger partial charge in [-0.3, -0.25) is 0 Å². The second-order valence-corrected chi connectivity index (χ2v) is 5.81. The van der Waals surface area contributed by atoms with Gasteiger partial charge in [-0.05, 0) is 6.42 Å². The number of rotatable bonds is 5. The van der Waals surface area contributed by atoms with Crippen molar-refractivity contribution in [1.29, 1.82) is 0 Å². The van der Waals surface area contributed by atoms with E-state index in [0.717, 1.165) is 0 Å². The Morgan fingerprint density at radius 1 is 1.37 bits per heavy atom. The lowest BCUT2D eigenvalue weighted by Gasteiger charge is -2.16. The first-order valence-electron chi connectivity index (χ1n) is 5.15. The van der Waals surface area contributed by atoms with Crippen LogP contribution in [0.5, 0.6) is 0 Å². The smallest absolute Gasteiger partial charge is 0.247 e. The van der Waals surface area contributed by atoms with Gasteiger partial charge < -0.3 is 5.73 Å². The van der Waals surface area contributed by atoms with E-state index in [4.69, 9.17) is 5.73 Å². The van der Waals surface area contributed by atoms with Gasteiger partial charge in [0.1, 0.15) is 17.5 Å². The van der Waals surface area contributed by atoms with E-state index in [9.17, 15) is 21.6 Å². The molecule has 0 fully saturated rings. The molecule has 1 aromatic carbocycles. The van der Waals surface area contributed by atoms with Crippen molar-refractivity contribution in [2.45, 2.75) is 24.3 Å². The van der Waals surface area contributed by atoms with Crippen molar-refractivity contribution < 1.29 is 21.6 Å². The molecule has 0 heterocycles. The number of nitrogens with two attached hydrogens (primary N) is 1. The molecule has 1 atom stereocenters. The summed E-state index contributed by atoms with van der Waals surface area (Å²) in [6.07, 6.45) is 0.207. The second-order valence-electron chi connectivity index (χ2n) is 3.68. The van der Waals surface area contributed by atoms with Crippen molar-refractivity contribution >= 4 is 27.2 Å². The molecule has 1 aromatic rings. The third-order valence-corrected chi connectivity index (χ3v) is 4.09. The van der Waals surface area contributed by atoms with Crippen molar-refractivity contribution in [2.24, 2.45) is 5.73 Å². The van der Waals surface area contributed by atoms with E-state index >= 15 is 0 Å². The average molecular weight is 312 g/mol. The zero-order chi connectivity index (χ0) is 14.8. The van der Waals surface area contributed by atoms with Gasteiger partial charge in [0.15, 0.2) is 4.90 Å². The molecule has 0 saturated carbocycles. The quantitative estimate of drug-likeness (QED) is 0.807. The summed E-state index contributed by atoms with van der Waals surface area (Å²) < 4.78 is 65.1. The minimum atomic E-state index is -4.53. The predicted molar refractivity (Wildman–Crippen MR) is 67.5 cm³/mol. The summed E-state index contributed by atoms with van der Waals surface area (Å²) in [7, 11) is -4.53. The number of sulfonamides is 1. The van der Waals surface area contributed by atoms with Crippen molar-refractivity contribution in [1.82, 2.24) is 4.72 Å². The van der Waals surface area contributed by atoms with Gasteiger partial charge in [-0.15, -0.1) is 0 Å². The van der Waals surface area contributed by atoms with Gasteiger partial charge in [-0.25, -0.2) is 26.3 Å². The van der Waals surface area contributed by atoms with Crippen molar-refractivity contribution in [2.75, 3.05) is 0 Å². The van der Waals surface area contributed by atoms with Crippen LogP contribution in [0.3, 0.4) is 0 Å². The van der Waals surface area contributed by atoms with Gasteiger partial charge in [-0.2, -0.15) is 0 Å². The summed E-state index contributed by atoms with van der Waals surface area (Å²) in [5, 5.41) is 0. The Morgan fingerprint density at radius 3 is 2.21 bits per heavy atom. The first-order chi connectivity index (χ1) is 8.69. The molecule has 19 heavy (non-hydrogen) atoms. The highest BCUT2D eigenvalue weighted by Gasteiger charge is 2.28. The molecular formula is C10H11F3N2O2S2. The van der Waals surface area contributed by atoms with Crippen molar-refractivity contribution in [3.05, 3.63) is 29.6 Å². The molecule has 0 bridgehead atoms. The number of halogens is 3. The maximum atomic E-state index is 13.4. The molecule has 1 unspecified atom stereocenters. The van der Waals surface area contributed by atoms with Gasteiger partial charge in [-0.1, -0.05) is 19.1 Å². The molecule has 0 aromatic heterocycles. The van der Waals surface area contributed by atoms with Crippen LogP contribution in [0.1, 0.15) is 13.3 Å². The van der Waals surface area contributed by atoms with E-state index in [1.54, 1.807) is 6.92 Å². The summed E-state index contributed by atoms with van der Waals surface area (Å²) in [6, 6.07) is -0.387. The van der Waals surface area contributed by atoms with Crippen LogP contribution in [0.25, 0.3) is 0 Å².